The van der Waals surface area contributed by atoms with Crippen molar-refractivity contribution in [1.29, 1.82) is 0 Å². The van der Waals surface area contributed by atoms with E-state index in [9.17, 15) is 4.79 Å². The number of allylic oxidation sites excluding steroid dienone is 9. The molecule has 0 spiro atoms. The number of anilines is 1. The summed E-state index contributed by atoms with van der Waals surface area (Å²) >= 11 is 0. The number of carbonyl (C=O) groups excluding carboxylic acids is 1. The van der Waals surface area contributed by atoms with Crippen LogP contribution in [-0.4, -0.2) is 5.91 Å². The van der Waals surface area contributed by atoms with Gasteiger partial charge in [-0.3, -0.25) is 4.79 Å². The van der Waals surface area contributed by atoms with Gasteiger partial charge in [0.15, 0.2) is 0 Å². The monoisotopic (exact) mass is 430 g/mol. The van der Waals surface area contributed by atoms with Gasteiger partial charge < -0.3 is 5.32 Å². The van der Waals surface area contributed by atoms with Crippen molar-refractivity contribution in [2.75, 3.05) is 5.32 Å². The molecule has 1 aliphatic carbocycles. The van der Waals surface area contributed by atoms with Crippen molar-refractivity contribution >= 4 is 22.4 Å². The number of rotatable bonds is 6. The Balaban J connectivity index is 1.74. The van der Waals surface area contributed by atoms with Crippen molar-refractivity contribution in [2.24, 2.45) is 5.41 Å². The van der Waals surface area contributed by atoms with Crippen LogP contribution in [0.15, 0.2) is 101 Å². The molecule has 0 unspecified atom stereocenters. The van der Waals surface area contributed by atoms with Crippen molar-refractivity contribution in [3.63, 3.8) is 0 Å². The highest BCUT2D eigenvalue weighted by atomic mass is 16.1. The lowest BCUT2D eigenvalue weighted by Crippen LogP contribution is -2.19. The van der Waals surface area contributed by atoms with Gasteiger partial charge in [-0.05, 0) is 67.9 Å². The Kier molecular flexibility index (Phi) is 5.69. The Labute approximate surface area is 200 Å². The van der Waals surface area contributed by atoms with Gasteiger partial charge in [-0.2, -0.15) is 0 Å². The molecule has 2 aromatic rings. The Bertz CT molecular complexity index is 1320. The second-order valence-electron chi connectivity index (χ2n) is 8.86. The van der Waals surface area contributed by atoms with Crippen molar-refractivity contribution in [3.05, 3.63) is 101 Å². The molecule has 0 saturated heterocycles. The summed E-state index contributed by atoms with van der Waals surface area (Å²) in [5, 5.41) is 4.99. The smallest absolute Gasteiger partial charge is 0.248 e. The van der Waals surface area contributed by atoms with Crippen LogP contribution in [0.1, 0.15) is 60.6 Å². The number of nitrogens with one attached hydrogen (secondary N) is 1. The number of amides is 1. The summed E-state index contributed by atoms with van der Waals surface area (Å²) in [5.41, 5.74) is 2.44. The second-order valence-corrected chi connectivity index (χ2v) is 8.86. The minimum Gasteiger partial charge on any atom is -0.322 e. The lowest BCUT2D eigenvalue weighted by molar-refractivity contribution is -0.111. The molecular formula is C30H35NO. The van der Waals surface area contributed by atoms with E-state index >= 15 is 0 Å². The van der Waals surface area contributed by atoms with E-state index in [2.05, 4.69) is 5.32 Å². The Morgan fingerprint density at radius 3 is 2.69 bits per heavy atom. The van der Waals surface area contributed by atoms with Crippen LogP contribution in [0.5, 0.6) is 0 Å². The Morgan fingerprint density at radius 1 is 1.09 bits per heavy atom. The highest BCUT2D eigenvalue weighted by molar-refractivity contribution is 6.06. The van der Waals surface area contributed by atoms with E-state index in [4.69, 9.17) is 6.85 Å². The first kappa shape index (κ1) is 17.4. The summed E-state index contributed by atoms with van der Waals surface area (Å²) in [6, 6.07) is 13.7. The zero-order valence-corrected chi connectivity index (χ0v) is 19.3. The molecular weight excluding hydrogens is 390 g/mol. The van der Waals surface area contributed by atoms with Crippen LogP contribution in [0.2, 0.25) is 0 Å². The molecule has 0 radical (unpaired) electrons. The minimum absolute atomic E-state index is 0.0909. The third-order valence-electron chi connectivity index (χ3n) is 5.69. The molecule has 2 heteroatoms. The van der Waals surface area contributed by atoms with Crippen LogP contribution in [0.3, 0.4) is 0 Å². The first-order valence-electron chi connectivity index (χ1n) is 13.5. The van der Waals surface area contributed by atoms with E-state index in [1.807, 2.05) is 94.5 Å². The molecule has 166 valence electrons. The van der Waals surface area contributed by atoms with Crippen molar-refractivity contribution in [1.82, 2.24) is 0 Å². The van der Waals surface area contributed by atoms with Crippen molar-refractivity contribution in [3.8, 4) is 0 Å². The molecule has 0 atom stereocenters. The normalized spacial score (nSPS) is 21.8. The molecule has 0 heterocycles. The molecule has 0 saturated carbocycles. The summed E-state index contributed by atoms with van der Waals surface area (Å²) in [6.07, 6.45) is 9.56. The van der Waals surface area contributed by atoms with Crippen LogP contribution in [-0.2, 0) is 4.79 Å². The van der Waals surface area contributed by atoms with Gasteiger partial charge in [-0.1, -0.05) is 91.8 Å². The lowest BCUT2D eigenvalue weighted by Gasteiger charge is -2.32. The number of hydrogen-bond donors (Lipinski definition) is 1. The molecule has 1 amide bonds. The van der Waals surface area contributed by atoms with Crippen LogP contribution < -0.4 is 5.32 Å². The zero-order valence-electron chi connectivity index (χ0n) is 24.3. The van der Waals surface area contributed by atoms with E-state index in [1.165, 1.54) is 6.08 Å². The summed E-state index contributed by atoms with van der Waals surface area (Å²) in [4.78, 5) is 12.5. The number of hydrogen-bond acceptors (Lipinski definition) is 1. The summed E-state index contributed by atoms with van der Waals surface area (Å²) in [5.74, 6) is -0.211. The fraction of sp³-hybridized carbons (Fsp3) is 0.300. The highest BCUT2D eigenvalue weighted by Gasteiger charge is 2.26. The number of carbonyl (C=O) groups is 1. The van der Waals surface area contributed by atoms with Gasteiger partial charge in [-0.25, -0.2) is 0 Å². The van der Waals surface area contributed by atoms with Gasteiger partial charge in [0.05, 0.1) is 0 Å². The van der Waals surface area contributed by atoms with Crippen molar-refractivity contribution in [2.45, 2.75) is 53.8 Å². The average molecular weight is 431 g/mol. The van der Waals surface area contributed by atoms with Crippen LogP contribution >= 0.6 is 0 Å². The summed E-state index contributed by atoms with van der Waals surface area (Å²) < 4.78 is 40.4. The zero-order chi connectivity index (χ0) is 27.4. The van der Waals surface area contributed by atoms with Crippen LogP contribution in [0, 0.1) is 5.41 Å². The maximum atomic E-state index is 12.5. The molecule has 0 aliphatic heterocycles. The van der Waals surface area contributed by atoms with Gasteiger partial charge in [0, 0.05) is 24.0 Å². The van der Waals surface area contributed by atoms with E-state index in [0.29, 0.717) is 12.0 Å². The van der Waals surface area contributed by atoms with E-state index in [-0.39, 0.29) is 17.9 Å². The molecule has 0 fully saturated rings. The van der Waals surface area contributed by atoms with Crippen LogP contribution in [0.4, 0.5) is 5.69 Å². The third-order valence-corrected chi connectivity index (χ3v) is 5.69. The molecule has 0 aromatic heterocycles. The standard InChI is InChI=1S/C30H35NO/c1-22(18-19-27-24(3)13-10-20-30(27,4)5)11-8-12-23(2)21-29(32)31-28-17-9-15-25-14-6-7-16-26(25)28/h6-9,11-12,14-19,21H,10,13,20H2,1-5H3,(H,31,32)/i3D3,13D2. The summed E-state index contributed by atoms with van der Waals surface area (Å²) in [7, 11) is 0. The predicted molar refractivity (Wildman–Crippen MR) is 139 cm³/mol. The largest absolute Gasteiger partial charge is 0.322 e. The Hall–Kier alpha value is -3.13. The highest BCUT2D eigenvalue weighted by Crippen LogP contribution is 2.40. The third kappa shape index (κ3) is 6.20. The lowest BCUT2D eigenvalue weighted by atomic mass is 9.72. The number of fused-ring (bicyclic) bond motifs is 1. The minimum atomic E-state index is -2.49. The van der Waals surface area contributed by atoms with Gasteiger partial charge >= 0.3 is 0 Å². The first-order valence-corrected chi connectivity index (χ1v) is 11.0. The van der Waals surface area contributed by atoms with Gasteiger partial charge in [0.2, 0.25) is 5.91 Å². The fourth-order valence-corrected chi connectivity index (χ4v) is 3.76. The van der Waals surface area contributed by atoms with Gasteiger partial charge in [0.1, 0.15) is 0 Å². The van der Waals surface area contributed by atoms with E-state index < -0.39 is 18.6 Å². The topological polar surface area (TPSA) is 29.1 Å². The predicted octanol–water partition coefficient (Wildman–Crippen LogP) is 8.31. The fourth-order valence-electron chi connectivity index (χ4n) is 3.76. The molecule has 32 heavy (non-hydrogen) atoms. The van der Waals surface area contributed by atoms with E-state index in [1.54, 1.807) is 6.08 Å². The quantitative estimate of drug-likeness (QED) is 0.362. The second kappa shape index (κ2) is 10.5. The van der Waals surface area contributed by atoms with Crippen molar-refractivity contribution < 1.29 is 11.6 Å². The molecule has 2 nitrogen and oxygen atoms in total. The molecule has 3 rings (SSSR count). The molecule has 1 aliphatic rings. The van der Waals surface area contributed by atoms with Gasteiger partial charge in [0.25, 0.3) is 0 Å². The maximum Gasteiger partial charge on any atom is 0.248 e. The first-order chi connectivity index (χ1) is 17.2. The molecule has 0 bridgehead atoms. The molecule has 2 aromatic carbocycles. The van der Waals surface area contributed by atoms with Gasteiger partial charge in [-0.15, -0.1) is 0 Å². The molecule has 1 N–H and O–H groups in total. The van der Waals surface area contributed by atoms with E-state index in [0.717, 1.165) is 27.6 Å². The Morgan fingerprint density at radius 2 is 1.88 bits per heavy atom. The summed E-state index contributed by atoms with van der Waals surface area (Å²) in [6.45, 7) is 5.17. The SMILES string of the molecule is [2H]C([2H])([2H])C1=C(C=CC(C)=CC=CC(C)=CC(=O)Nc2cccc3ccccc23)C(C)(C)CCC1([2H])[2H]. The van der Waals surface area contributed by atoms with Crippen LogP contribution in [0.25, 0.3) is 10.8 Å². The number of benzene rings is 2. The average Bonchev–Trinajstić information content (AvgIpc) is 2.79. The maximum absolute atomic E-state index is 12.5.